The van der Waals surface area contributed by atoms with Gasteiger partial charge in [0.2, 0.25) is 0 Å². The molecule has 0 bridgehead atoms. The minimum atomic E-state index is -0.733. The second-order valence-corrected chi connectivity index (χ2v) is 3.44. The molecule has 0 aromatic carbocycles. The minimum absolute atomic E-state index is 0.613. The summed E-state index contributed by atoms with van der Waals surface area (Å²) in [6.07, 6.45) is 7.16. The number of carbonyl (C=O) groups is 1. The third kappa shape index (κ3) is 2.36. The van der Waals surface area contributed by atoms with Crippen LogP contribution in [-0.4, -0.2) is 11.1 Å². The number of allylic oxidation sites excluding steroid dienone is 1. The zero-order chi connectivity index (χ0) is 8.97. The molecule has 68 valence electrons. The van der Waals surface area contributed by atoms with Gasteiger partial charge in [-0.05, 0) is 18.8 Å². The van der Waals surface area contributed by atoms with Crippen LogP contribution in [0.5, 0.6) is 0 Å². The van der Waals surface area contributed by atoms with Crippen molar-refractivity contribution in [3.8, 4) is 0 Å². The summed E-state index contributed by atoms with van der Waals surface area (Å²) in [6, 6.07) is 0. The molecule has 0 unspecified atom stereocenters. The van der Waals surface area contributed by atoms with Gasteiger partial charge in [0, 0.05) is 5.57 Å². The molecule has 1 N–H and O–H groups in total. The monoisotopic (exact) mass is 168 g/mol. The molecule has 0 aliphatic heterocycles. The van der Waals surface area contributed by atoms with Crippen LogP contribution >= 0.6 is 0 Å². The fourth-order valence-corrected chi connectivity index (χ4v) is 1.51. The summed E-state index contributed by atoms with van der Waals surface area (Å²) in [5, 5.41) is 8.80. The van der Waals surface area contributed by atoms with Crippen molar-refractivity contribution in [1.29, 1.82) is 0 Å². The van der Waals surface area contributed by atoms with E-state index in [0.717, 1.165) is 12.8 Å². The Hall–Kier alpha value is -0.790. The van der Waals surface area contributed by atoms with E-state index in [1.807, 2.05) is 13.0 Å². The van der Waals surface area contributed by atoms with E-state index in [-0.39, 0.29) is 0 Å². The van der Waals surface area contributed by atoms with Crippen LogP contribution in [0, 0.1) is 5.92 Å². The molecule has 0 spiro atoms. The highest BCUT2D eigenvalue weighted by Gasteiger charge is 2.20. The lowest BCUT2D eigenvalue weighted by atomic mass is 9.80. The number of rotatable bonds is 4. The van der Waals surface area contributed by atoms with Crippen LogP contribution in [0.3, 0.4) is 0 Å². The van der Waals surface area contributed by atoms with Crippen molar-refractivity contribution in [2.45, 2.75) is 39.0 Å². The lowest BCUT2D eigenvalue weighted by Gasteiger charge is -2.25. The van der Waals surface area contributed by atoms with Gasteiger partial charge in [-0.2, -0.15) is 0 Å². The van der Waals surface area contributed by atoms with Gasteiger partial charge in [-0.25, -0.2) is 4.79 Å². The van der Waals surface area contributed by atoms with E-state index in [9.17, 15) is 4.79 Å². The smallest absolute Gasteiger partial charge is 0.331 e. The van der Waals surface area contributed by atoms with Gasteiger partial charge in [-0.15, -0.1) is 0 Å². The van der Waals surface area contributed by atoms with E-state index < -0.39 is 5.97 Å². The zero-order valence-electron chi connectivity index (χ0n) is 7.55. The predicted octanol–water partition coefficient (Wildman–Crippen LogP) is 2.60. The molecule has 0 heterocycles. The Morgan fingerprint density at radius 1 is 1.58 bits per heavy atom. The Morgan fingerprint density at radius 2 is 2.25 bits per heavy atom. The average Bonchev–Trinajstić information content (AvgIpc) is 1.93. The molecular weight excluding hydrogens is 152 g/mol. The molecule has 0 atom stereocenters. The first-order chi connectivity index (χ1) is 5.74. The van der Waals surface area contributed by atoms with Crippen molar-refractivity contribution in [1.82, 2.24) is 0 Å². The molecule has 1 saturated carbocycles. The zero-order valence-corrected chi connectivity index (χ0v) is 7.55. The van der Waals surface area contributed by atoms with E-state index in [4.69, 9.17) is 5.11 Å². The molecular formula is C10H16O2. The number of hydrogen-bond acceptors (Lipinski definition) is 1. The van der Waals surface area contributed by atoms with Crippen molar-refractivity contribution >= 4 is 5.97 Å². The first-order valence-electron chi connectivity index (χ1n) is 4.66. The molecule has 0 amide bonds. The Kier molecular flexibility index (Phi) is 3.32. The molecule has 1 rings (SSSR count). The SMILES string of the molecule is CC/C=C(\CC1CCC1)C(=O)O. The Labute approximate surface area is 73.3 Å². The Bertz CT molecular complexity index is 190. The van der Waals surface area contributed by atoms with E-state index >= 15 is 0 Å². The molecule has 1 fully saturated rings. The van der Waals surface area contributed by atoms with Crippen molar-refractivity contribution in [2.24, 2.45) is 5.92 Å². The lowest BCUT2D eigenvalue weighted by Crippen LogP contribution is -2.14. The van der Waals surface area contributed by atoms with Gasteiger partial charge in [-0.3, -0.25) is 0 Å². The first-order valence-corrected chi connectivity index (χ1v) is 4.66. The van der Waals surface area contributed by atoms with Crippen molar-refractivity contribution in [2.75, 3.05) is 0 Å². The third-order valence-corrected chi connectivity index (χ3v) is 2.46. The van der Waals surface area contributed by atoms with Gasteiger partial charge in [0.05, 0.1) is 0 Å². The summed E-state index contributed by atoms with van der Waals surface area (Å²) >= 11 is 0. The summed E-state index contributed by atoms with van der Waals surface area (Å²) in [5.41, 5.74) is 0.613. The highest BCUT2D eigenvalue weighted by Crippen LogP contribution is 2.32. The molecule has 1 aliphatic carbocycles. The summed E-state index contributed by atoms with van der Waals surface area (Å²) < 4.78 is 0. The van der Waals surface area contributed by atoms with Crippen LogP contribution in [-0.2, 0) is 4.79 Å². The van der Waals surface area contributed by atoms with Gasteiger partial charge >= 0.3 is 5.97 Å². The summed E-state index contributed by atoms with van der Waals surface area (Å²) in [7, 11) is 0. The molecule has 12 heavy (non-hydrogen) atoms. The van der Waals surface area contributed by atoms with E-state index in [2.05, 4.69) is 0 Å². The van der Waals surface area contributed by atoms with Gasteiger partial charge < -0.3 is 5.11 Å². The van der Waals surface area contributed by atoms with Crippen LogP contribution in [0.1, 0.15) is 39.0 Å². The number of hydrogen-bond donors (Lipinski definition) is 1. The summed E-state index contributed by atoms with van der Waals surface area (Å²) in [4.78, 5) is 10.7. The van der Waals surface area contributed by atoms with Crippen molar-refractivity contribution in [3.05, 3.63) is 11.6 Å². The van der Waals surface area contributed by atoms with Crippen molar-refractivity contribution < 1.29 is 9.90 Å². The Balaban J connectivity index is 2.42. The quantitative estimate of drug-likeness (QED) is 0.655. The van der Waals surface area contributed by atoms with Crippen LogP contribution in [0.15, 0.2) is 11.6 Å². The second-order valence-electron chi connectivity index (χ2n) is 3.44. The van der Waals surface area contributed by atoms with Gasteiger partial charge in [0.15, 0.2) is 0 Å². The highest BCUT2D eigenvalue weighted by molar-refractivity contribution is 5.86. The first kappa shape index (κ1) is 9.30. The average molecular weight is 168 g/mol. The van der Waals surface area contributed by atoms with E-state index in [1.165, 1.54) is 19.3 Å². The normalized spacial score (nSPS) is 18.9. The number of aliphatic carboxylic acids is 1. The second kappa shape index (κ2) is 4.29. The number of carboxylic acids is 1. The third-order valence-electron chi connectivity index (χ3n) is 2.46. The largest absolute Gasteiger partial charge is 0.478 e. The maximum atomic E-state index is 10.7. The molecule has 1 aliphatic rings. The van der Waals surface area contributed by atoms with Crippen molar-refractivity contribution in [3.63, 3.8) is 0 Å². The van der Waals surface area contributed by atoms with E-state index in [1.54, 1.807) is 0 Å². The van der Waals surface area contributed by atoms with Crippen LogP contribution in [0.25, 0.3) is 0 Å². The van der Waals surface area contributed by atoms with Crippen LogP contribution < -0.4 is 0 Å². The molecule has 0 aromatic heterocycles. The van der Waals surface area contributed by atoms with Gasteiger partial charge in [0.25, 0.3) is 0 Å². The molecule has 2 heteroatoms. The topological polar surface area (TPSA) is 37.3 Å². The fraction of sp³-hybridized carbons (Fsp3) is 0.700. The lowest BCUT2D eigenvalue weighted by molar-refractivity contribution is -0.133. The predicted molar refractivity (Wildman–Crippen MR) is 48.0 cm³/mol. The highest BCUT2D eigenvalue weighted by atomic mass is 16.4. The van der Waals surface area contributed by atoms with Gasteiger partial charge in [-0.1, -0.05) is 32.3 Å². The van der Waals surface area contributed by atoms with Crippen LogP contribution in [0.4, 0.5) is 0 Å². The summed E-state index contributed by atoms with van der Waals surface area (Å²) in [5.74, 6) is -0.0809. The molecule has 0 radical (unpaired) electrons. The molecule has 2 nitrogen and oxygen atoms in total. The maximum absolute atomic E-state index is 10.7. The fourth-order valence-electron chi connectivity index (χ4n) is 1.51. The summed E-state index contributed by atoms with van der Waals surface area (Å²) in [6.45, 7) is 1.98. The maximum Gasteiger partial charge on any atom is 0.331 e. The molecule has 0 aromatic rings. The van der Waals surface area contributed by atoms with Gasteiger partial charge in [0.1, 0.15) is 0 Å². The Morgan fingerprint density at radius 3 is 2.58 bits per heavy atom. The standard InChI is InChI=1S/C10H16O2/c1-2-4-9(10(11)12)7-8-5-3-6-8/h4,8H,2-3,5-7H2,1H3,(H,11,12)/b9-4+. The van der Waals surface area contributed by atoms with Crippen LogP contribution in [0.2, 0.25) is 0 Å². The number of carboxylic acid groups (broad SMARTS) is 1. The van der Waals surface area contributed by atoms with E-state index in [0.29, 0.717) is 11.5 Å². The molecule has 0 saturated heterocycles. The minimum Gasteiger partial charge on any atom is -0.478 e.